The third kappa shape index (κ3) is 3.11. The van der Waals surface area contributed by atoms with Crippen LogP contribution in [-0.2, 0) is 4.79 Å². The van der Waals surface area contributed by atoms with E-state index in [-0.39, 0.29) is 34.9 Å². The maximum absolute atomic E-state index is 11.5. The Kier molecular flexibility index (Phi) is 5.38. The second kappa shape index (κ2) is 7.22. The topological polar surface area (TPSA) is 77.8 Å². The molecular weight excluding hydrogens is 364 g/mol. The first-order chi connectivity index (χ1) is 13.5. The number of fused-ring (bicyclic) bond motifs is 5. The molecule has 0 bridgehead atoms. The van der Waals surface area contributed by atoms with Gasteiger partial charge in [-0.3, -0.25) is 4.79 Å². The summed E-state index contributed by atoms with van der Waals surface area (Å²) >= 11 is 0. The number of aliphatic hydroxyl groups is 2. The molecule has 4 fully saturated rings. The lowest BCUT2D eigenvalue weighted by Gasteiger charge is -2.66. The highest BCUT2D eigenvalue weighted by Gasteiger charge is 2.66. The monoisotopic (exact) mass is 406 g/mol. The Labute approximate surface area is 176 Å². The zero-order chi connectivity index (χ0) is 21.2. The quantitative estimate of drug-likeness (QED) is 0.622. The molecule has 0 radical (unpaired) electrons. The summed E-state index contributed by atoms with van der Waals surface area (Å²) in [5, 5.41) is 31.0. The molecule has 0 amide bonds. The summed E-state index contributed by atoms with van der Waals surface area (Å²) in [6.07, 6.45) is 9.05. The van der Waals surface area contributed by atoms with Gasteiger partial charge in [0.15, 0.2) is 0 Å². The van der Waals surface area contributed by atoms with Gasteiger partial charge in [0.1, 0.15) is 0 Å². The van der Waals surface area contributed by atoms with Gasteiger partial charge in [-0.05, 0) is 104 Å². The van der Waals surface area contributed by atoms with Crippen molar-refractivity contribution in [1.29, 1.82) is 0 Å². The van der Waals surface area contributed by atoms with Crippen molar-refractivity contribution in [1.82, 2.24) is 0 Å². The van der Waals surface area contributed by atoms with Gasteiger partial charge in [-0.15, -0.1) is 0 Å². The number of carboxylic acid groups (broad SMARTS) is 1. The molecule has 166 valence electrons. The van der Waals surface area contributed by atoms with E-state index in [1.807, 2.05) is 0 Å². The third-order valence-electron chi connectivity index (χ3n) is 11.0. The van der Waals surface area contributed by atoms with Crippen molar-refractivity contribution < 1.29 is 20.1 Å². The smallest absolute Gasteiger partial charge is 0.303 e. The van der Waals surface area contributed by atoms with E-state index in [4.69, 9.17) is 5.11 Å². The summed E-state index contributed by atoms with van der Waals surface area (Å²) < 4.78 is 0. The van der Waals surface area contributed by atoms with E-state index in [0.29, 0.717) is 29.6 Å². The van der Waals surface area contributed by atoms with Gasteiger partial charge in [0.05, 0.1) is 12.2 Å². The van der Waals surface area contributed by atoms with Crippen LogP contribution in [0.2, 0.25) is 0 Å². The Balaban J connectivity index is 1.59. The minimum Gasteiger partial charge on any atom is -0.481 e. The van der Waals surface area contributed by atoms with E-state index in [9.17, 15) is 15.0 Å². The van der Waals surface area contributed by atoms with Gasteiger partial charge in [-0.25, -0.2) is 0 Å². The first kappa shape index (κ1) is 21.6. The molecule has 0 aromatic rings. The van der Waals surface area contributed by atoms with E-state index in [1.165, 1.54) is 19.3 Å². The summed E-state index contributed by atoms with van der Waals surface area (Å²) in [5.74, 6) is 1.85. The van der Waals surface area contributed by atoms with Crippen LogP contribution in [0.25, 0.3) is 0 Å². The molecule has 0 spiro atoms. The summed E-state index contributed by atoms with van der Waals surface area (Å²) in [7, 11) is 0. The van der Waals surface area contributed by atoms with E-state index in [1.54, 1.807) is 0 Å². The van der Waals surface area contributed by atoms with Crippen molar-refractivity contribution >= 4 is 5.97 Å². The van der Waals surface area contributed by atoms with Crippen molar-refractivity contribution in [3.05, 3.63) is 0 Å². The van der Waals surface area contributed by atoms with Gasteiger partial charge in [0.25, 0.3) is 0 Å². The van der Waals surface area contributed by atoms with Crippen LogP contribution in [0, 0.1) is 45.8 Å². The summed E-state index contributed by atoms with van der Waals surface area (Å²) in [6, 6.07) is 0. The number of aliphatic hydroxyl groups excluding tert-OH is 2. The lowest BCUT2D eigenvalue weighted by molar-refractivity contribution is -0.201. The average Bonchev–Trinajstić information content (AvgIpc) is 3.01. The molecule has 0 aliphatic heterocycles. The Morgan fingerprint density at radius 2 is 1.76 bits per heavy atom. The van der Waals surface area contributed by atoms with Crippen molar-refractivity contribution in [2.24, 2.45) is 45.8 Å². The molecule has 4 aliphatic rings. The molecule has 3 unspecified atom stereocenters. The normalized spacial score (nSPS) is 52.9. The zero-order valence-electron chi connectivity index (χ0n) is 18.9. The molecule has 0 aromatic carbocycles. The molecule has 4 rings (SSSR count). The minimum atomic E-state index is -0.709. The lowest BCUT2D eigenvalue weighted by Crippen LogP contribution is -2.61. The van der Waals surface area contributed by atoms with Gasteiger partial charge in [-0.2, -0.15) is 0 Å². The largest absolute Gasteiger partial charge is 0.481 e. The van der Waals surface area contributed by atoms with Crippen LogP contribution < -0.4 is 0 Å². The molecular formula is C25H42O4. The zero-order valence-corrected chi connectivity index (χ0v) is 18.9. The number of hydrogen-bond acceptors (Lipinski definition) is 3. The van der Waals surface area contributed by atoms with Crippen molar-refractivity contribution in [3.63, 3.8) is 0 Å². The fourth-order valence-corrected chi connectivity index (χ4v) is 9.09. The van der Waals surface area contributed by atoms with Gasteiger partial charge in [0, 0.05) is 6.42 Å². The Hall–Kier alpha value is -0.610. The van der Waals surface area contributed by atoms with Crippen molar-refractivity contribution in [2.75, 3.05) is 0 Å². The molecule has 29 heavy (non-hydrogen) atoms. The van der Waals surface area contributed by atoms with Crippen LogP contribution in [0.5, 0.6) is 0 Å². The molecule has 10 atom stereocenters. The minimum absolute atomic E-state index is 0.0721. The molecule has 4 aliphatic carbocycles. The van der Waals surface area contributed by atoms with Gasteiger partial charge in [0.2, 0.25) is 0 Å². The molecule has 4 nitrogen and oxygen atoms in total. The first-order valence-electron chi connectivity index (χ1n) is 12.1. The SMILES string of the molecule is C[C@H](CCC(=O)O)[C@H]1CCC2C3CC[C@]4(C)C[C@H](O)CC[C@]4(C)C3C[C@H](O)[C@@]21C. The molecule has 3 N–H and O–H groups in total. The Bertz CT molecular complexity index is 649. The van der Waals surface area contributed by atoms with Gasteiger partial charge in [-0.1, -0.05) is 27.7 Å². The van der Waals surface area contributed by atoms with E-state index in [2.05, 4.69) is 27.7 Å². The molecule has 4 saturated carbocycles. The standard InChI is InChI=1S/C25H42O4/c1-15(5-8-22(28)29)18-6-7-19-17-10-11-23(2)14-16(26)9-12-24(23,3)20(17)13-21(27)25(18,19)4/h15-21,26-27H,5-14H2,1-4H3,(H,28,29)/t15-,16-,17?,18-,19?,20?,21+,23-,24-,25-/m1/s1. The average molecular weight is 407 g/mol. The van der Waals surface area contributed by atoms with E-state index >= 15 is 0 Å². The van der Waals surface area contributed by atoms with Gasteiger partial charge < -0.3 is 15.3 Å². The van der Waals surface area contributed by atoms with Crippen molar-refractivity contribution in [2.45, 2.75) is 104 Å². The maximum Gasteiger partial charge on any atom is 0.303 e. The predicted octanol–water partition coefficient (Wildman–Crippen LogP) is 4.87. The first-order valence-corrected chi connectivity index (χ1v) is 12.1. The maximum atomic E-state index is 11.5. The van der Waals surface area contributed by atoms with E-state index < -0.39 is 5.97 Å². The Morgan fingerprint density at radius 1 is 1.03 bits per heavy atom. The van der Waals surface area contributed by atoms with Crippen LogP contribution in [0.4, 0.5) is 0 Å². The number of aliphatic carboxylic acids is 1. The highest BCUT2D eigenvalue weighted by Crippen LogP contribution is 2.71. The van der Waals surface area contributed by atoms with E-state index in [0.717, 1.165) is 38.5 Å². The highest BCUT2D eigenvalue weighted by atomic mass is 16.4. The summed E-state index contributed by atoms with van der Waals surface area (Å²) in [4.78, 5) is 11.1. The number of carbonyl (C=O) groups is 1. The number of rotatable bonds is 4. The fraction of sp³-hybridized carbons (Fsp3) is 0.960. The number of carboxylic acids is 1. The lowest BCUT2D eigenvalue weighted by atomic mass is 9.39. The molecule has 0 aromatic heterocycles. The van der Waals surface area contributed by atoms with Crippen LogP contribution in [0.15, 0.2) is 0 Å². The second-order valence-electron chi connectivity index (χ2n) is 12.0. The summed E-state index contributed by atoms with van der Waals surface area (Å²) in [5.41, 5.74) is 0.327. The number of hydrogen-bond donors (Lipinski definition) is 3. The Morgan fingerprint density at radius 3 is 2.45 bits per heavy atom. The van der Waals surface area contributed by atoms with Crippen LogP contribution in [-0.4, -0.2) is 33.5 Å². The van der Waals surface area contributed by atoms with Crippen LogP contribution in [0.3, 0.4) is 0 Å². The molecule has 4 heteroatoms. The molecule has 0 saturated heterocycles. The highest BCUT2D eigenvalue weighted by molar-refractivity contribution is 5.66. The third-order valence-corrected chi connectivity index (χ3v) is 11.0. The predicted molar refractivity (Wildman–Crippen MR) is 113 cm³/mol. The second-order valence-corrected chi connectivity index (χ2v) is 12.0. The van der Waals surface area contributed by atoms with Crippen LogP contribution >= 0.6 is 0 Å². The van der Waals surface area contributed by atoms with Crippen LogP contribution in [0.1, 0.15) is 91.9 Å². The fourth-order valence-electron chi connectivity index (χ4n) is 9.09. The molecule has 0 heterocycles. The van der Waals surface area contributed by atoms with Gasteiger partial charge >= 0.3 is 5.97 Å². The summed E-state index contributed by atoms with van der Waals surface area (Å²) in [6.45, 7) is 9.40. The van der Waals surface area contributed by atoms with Crippen molar-refractivity contribution in [3.8, 4) is 0 Å².